The minimum Gasteiger partial charge on any atom is -0.493 e. The van der Waals surface area contributed by atoms with E-state index in [0.29, 0.717) is 39.7 Å². The molecule has 0 aliphatic carbocycles. The summed E-state index contributed by atoms with van der Waals surface area (Å²) in [4.78, 5) is 32.4. The van der Waals surface area contributed by atoms with Crippen LogP contribution in [0.1, 0.15) is 16.2 Å². The lowest BCUT2D eigenvalue weighted by atomic mass is 10.1. The molecular weight excluding hydrogens is 414 g/mol. The van der Waals surface area contributed by atoms with E-state index in [4.69, 9.17) is 14.2 Å². The van der Waals surface area contributed by atoms with E-state index in [9.17, 15) is 9.59 Å². The Balaban J connectivity index is 1.61. The molecule has 0 saturated heterocycles. The van der Waals surface area contributed by atoms with Crippen LogP contribution in [0.15, 0.2) is 53.5 Å². The van der Waals surface area contributed by atoms with Crippen LogP contribution in [-0.2, 0) is 6.54 Å². The summed E-state index contributed by atoms with van der Waals surface area (Å²) >= 11 is 0. The zero-order valence-corrected chi connectivity index (χ0v) is 17.7. The Morgan fingerprint density at radius 3 is 2.38 bits per heavy atom. The lowest BCUT2D eigenvalue weighted by Gasteiger charge is -2.14. The molecule has 0 fully saturated rings. The van der Waals surface area contributed by atoms with Gasteiger partial charge in [-0.1, -0.05) is 18.2 Å². The number of H-pyrrole nitrogens is 1. The van der Waals surface area contributed by atoms with Crippen molar-refractivity contribution in [1.82, 2.24) is 25.1 Å². The number of para-hydroxylation sites is 1. The number of amides is 1. The summed E-state index contributed by atoms with van der Waals surface area (Å²) in [6.07, 6.45) is 1.46. The van der Waals surface area contributed by atoms with Crippen LogP contribution in [0.5, 0.6) is 17.2 Å². The molecule has 32 heavy (non-hydrogen) atoms. The van der Waals surface area contributed by atoms with Crippen LogP contribution < -0.4 is 25.1 Å². The van der Waals surface area contributed by atoms with Gasteiger partial charge in [0.15, 0.2) is 17.1 Å². The van der Waals surface area contributed by atoms with Gasteiger partial charge in [-0.05, 0) is 24.3 Å². The third-order valence-corrected chi connectivity index (χ3v) is 4.83. The Morgan fingerprint density at radius 2 is 1.75 bits per heavy atom. The number of rotatable bonds is 7. The SMILES string of the molecule is COc1cc(C(=O)NCc2nc3c(cnn3-c3ccccc3)c(=O)[nH]2)cc(OC)c1OC. The fraction of sp³-hybridized carbons (Fsp3) is 0.182. The van der Waals surface area contributed by atoms with Crippen molar-refractivity contribution >= 4 is 16.9 Å². The number of methoxy groups -OCH3 is 3. The van der Waals surface area contributed by atoms with E-state index in [2.05, 4.69) is 20.4 Å². The predicted molar refractivity (Wildman–Crippen MR) is 117 cm³/mol. The second-order valence-corrected chi connectivity index (χ2v) is 6.74. The maximum atomic E-state index is 12.7. The normalized spacial score (nSPS) is 10.7. The molecule has 4 aromatic rings. The van der Waals surface area contributed by atoms with Crippen molar-refractivity contribution in [1.29, 1.82) is 0 Å². The molecule has 0 unspecified atom stereocenters. The molecule has 0 radical (unpaired) electrons. The Labute approximate surface area is 182 Å². The van der Waals surface area contributed by atoms with Gasteiger partial charge in [0.2, 0.25) is 5.75 Å². The van der Waals surface area contributed by atoms with Gasteiger partial charge in [0.25, 0.3) is 11.5 Å². The van der Waals surface area contributed by atoms with Crippen LogP contribution >= 0.6 is 0 Å². The fourth-order valence-electron chi connectivity index (χ4n) is 3.28. The molecule has 0 atom stereocenters. The van der Waals surface area contributed by atoms with Gasteiger partial charge in [0, 0.05) is 5.56 Å². The summed E-state index contributed by atoms with van der Waals surface area (Å²) in [5.41, 5.74) is 1.14. The number of hydrogen-bond acceptors (Lipinski definition) is 7. The standard InChI is InChI=1S/C22H21N5O5/c1-30-16-9-13(10-17(31-2)19(16)32-3)21(28)23-12-18-25-20-15(22(29)26-18)11-24-27(20)14-7-5-4-6-8-14/h4-11H,12H2,1-3H3,(H,23,28)(H,25,26,29). The van der Waals surface area contributed by atoms with E-state index in [1.165, 1.54) is 27.5 Å². The largest absolute Gasteiger partial charge is 0.493 e. The fourth-order valence-corrected chi connectivity index (χ4v) is 3.28. The molecule has 2 aromatic heterocycles. The molecule has 2 heterocycles. The molecule has 2 N–H and O–H groups in total. The monoisotopic (exact) mass is 435 g/mol. The molecule has 0 aliphatic rings. The molecular formula is C22H21N5O5. The summed E-state index contributed by atoms with van der Waals surface area (Å²) in [6.45, 7) is 0.000638. The Kier molecular flexibility index (Phi) is 5.75. The number of carbonyl (C=O) groups is 1. The van der Waals surface area contributed by atoms with Crippen molar-refractivity contribution in [3.8, 4) is 22.9 Å². The van der Waals surface area contributed by atoms with Crippen LogP contribution in [0.2, 0.25) is 0 Å². The molecule has 164 valence electrons. The second-order valence-electron chi connectivity index (χ2n) is 6.74. The van der Waals surface area contributed by atoms with E-state index in [-0.39, 0.29) is 12.1 Å². The maximum absolute atomic E-state index is 12.7. The average molecular weight is 435 g/mol. The van der Waals surface area contributed by atoms with Crippen molar-refractivity contribution in [2.45, 2.75) is 6.54 Å². The topological polar surface area (TPSA) is 120 Å². The van der Waals surface area contributed by atoms with Crippen molar-refractivity contribution in [2.75, 3.05) is 21.3 Å². The first-order chi connectivity index (χ1) is 15.5. The first kappa shape index (κ1) is 20.9. The molecule has 1 amide bonds. The van der Waals surface area contributed by atoms with Gasteiger partial charge in [-0.2, -0.15) is 5.10 Å². The summed E-state index contributed by atoms with van der Waals surface area (Å²) in [6, 6.07) is 12.4. The minimum absolute atomic E-state index is 0.000638. The van der Waals surface area contributed by atoms with Crippen LogP contribution in [-0.4, -0.2) is 47.0 Å². The zero-order valence-electron chi connectivity index (χ0n) is 17.7. The number of benzene rings is 2. The molecule has 4 rings (SSSR count). The third kappa shape index (κ3) is 3.85. The maximum Gasteiger partial charge on any atom is 0.262 e. The van der Waals surface area contributed by atoms with E-state index in [1.807, 2.05) is 30.3 Å². The summed E-state index contributed by atoms with van der Waals surface area (Å²) in [5.74, 6) is 0.995. The Bertz CT molecular complexity index is 1300. The number of carbonyl (C=O) groups excluding carboxylic acids is 1. The van der Waals surface area contributed by atoms with Crippen molar-refractivity contribution < 1.29 is 19.0 Å². The van der Waals surface area contributed by atoms with Gasteiger partial charge in [-0.15, -0.1) is 0 Å². The van der Waals surface area contributed by atoms with Gasteiger partial charge in [-0.25, -0.2) is 9.67 Å². The molecule has 0 spiro atoms. The highest BCUT2D eigenvalue weighted by atomic mass is 16.5. The Hall–Kier alpha value is -4.34. The van der Waals surface area contributed by atoms with Crippen LogP contribution in [0.25, 0.3) is 16.7 Å². The highest BCUT2D eigenvalue weighted by Crippen LogP contribution is 2.38. The summed E-state index contributed by atoms with van der Waals surface area (Å²) < 4.78 is 17.4. The number of hydrogen-bond donors (Lipinski definition) is 2. The van der Waals surface area contributed by atoms with Crippen LogP contribution in [0.4, 0.5) is 0 Å². The number of nitrogens with one attached hydrogen (secondary N) is 2. The average Bonchev–Trinajstić information content (AvgIpc) is 3.26. The third-order valence-electron chi connectivity index (χ3n) is 4.83. The summed E-state index contributed by atoms with van der Waals surface area (Å²) in [7, 11) is 4.43. The highest BCUT2D eigenvalue weighted by molar-refractivity contribution is 5.95. The molecule has 10 nitrogen and oxygen atoms in total. The predicted octanol–water partition coefficient (Wildman–Crippen LogP) is 2.06. The first-order valence-corrected chi connectivity index (χ1v) is 9.66. The molecule has 2 aromatic carbocycles. The number of fused-ring (bicyclic) bond motifs is 1. The second kappa shape index (κ2) is 8.80. The summed E-state index contributed by atoms with van der Waals surface area (Å²) in [5, 5.41) is 7.37. The van der Waals surface area contributed by atoms with Gasteiger partial charge in [0.1, 0.15) is 11.2 Å². The number of nitrogens with zero attached hydrogens (tertiary/aromatic N) is 3. The minimum atomic E-state index is -0.399. The molecule has 0 aliphatic heterocycles. The lowest BCUT2D eigenvalue weighted by Crippen LogP contribution is -2.25. The zero-order chi connectivity index (χ0) is 22.7. The van der Waals surface area contributed by atoms with E-state index < -0.39 is 5.91 Å². The van der Waals surface area contributed by atoms with Gasteiger partial charge >= 0.3 is 0 Å². The number of aromatic amines is 1. The number of ether oxygens (including phenoxy) is 3. The van der Waals surface area contributed by atoms with Crippen molar-refractivity contribution in [3.05, 3.63) is 70.4 Å². The van der Waals surface area contributed by atoms with E-state index >= 15 is 0 Å². The molecule has 10 heteroatoms. The quantitative estimate of drug-likeness (QED) is 0.456. The van der Waals surface area contributed by atoms with Gasteiger partial charge in [-0.3, -0.25) is 9.59 Å². The smallest absolute Gasteiger partial charge is 0.262 e. The van der Waals surface area contributed by atoms with Crippen LogP contribution in [0.3, 0.4) is 0 Å². The van der Waals surface area contributed by atoms with Crippen molar-refractivity contribution in [2.24, 2.45) is 0 Å². The van der Waals surface area contributed by atoms with Crippen LogP contribution in [0, 0.1) is 0 Å². The molecule has 0 saturated carbocycles. The van der Waals surface area contributed by atoms with E-state index in [1.54, 1.807) is 16.8 Å². The first-order valence-electron chi connectivity index (χ1n) is 9.66. The van der Waals surface area contributed by atoms with Gasteiger partial charge < -0.3 is 24.5 Å². The lowest BCUT2D eigenvalue weighted by molar-refractivity contribution is 0.0949. The Morgan fingerprint density at radius 1 is 1.06 bits per heavy atom. The highest BCUT2D eigenvalue weighted by Gasteiger charge is 2.18. The number of aromatic nitrogens is 4. The van der Waals surface area contributed by atoms with E-state index in [0.717, 1.165) is 5.69 Å². The molecule has 0 bridgehead atoms. The van der Waals surface area contributed by atoms with Gasteiger partial charge in [0.05, 0.1) is 39.8 Å². The van der Waals surface area contributed by atoms with Crippen molar-refractivity contribution in [3.63, 3.8) is 0 Å².